The Morgan fingerprint density at radius 3 is 2.15 bits per heavy atom. The van der Waals surface area contributed by atoms with Gasteiger partial charge >= 0.3 is 11.9 Å². The molecular weight excluding hydrogens is 616 g/mol. The van der Waals surface area contributed by atoms with Gasteiger partial charge in [0.25, 0.3) is 0 Å². The SMILES string of the molecule is CCCCCCCCCCCCCC(=O)O[C@@H]1[C@@H](C)[C@@]2(O)[C@@H](C=C(CSCCO)C[C@]3(O)C(=O)C(C)=C[C@@H]23)[C@@H]2C(C)(C)[C@]12OC(C)=O. The number of Topliss-reactive ketones (excluding diaryl/α,β-unsaturated/α-hetero) is 1. The molecule has 0 heterocycles. The van der Waals surface area contributed by atoms with Gasteiger partial charge in [-0.15, -0.1) is 0 Å². The van der Waals surface area contributed by atoms with E-state index in [2.05, 4.69) is 6.92 Å². The van der Waals surface area contributed by atoms with Crippen LogP contribution in [0.15, 0.2) is 23.3 Å². The van der Waals surface area contributed by atoms with Crippen molar-refractivity contribution >= 4 is 29.5 Å². The van der Waals surface area contributed by atoms with Crippen molar-refractivity contribution in [3.63, 3.8) is 0 Å². The number of aliphatic hydroxyl groups is 3. The number of fused-ring (bicyclic) bond motifs is 5. The smallest absolute Gasteiger partial charge is 0.306 e. The van der Waals surface area contributed by atoms with Gasteiger partial charge in [-0.25, -0.2) is 0 Å². The minimum Gasteiger partial charge on any atom is -0.458 e. The average Bonchev–Trinajstić information content (AvgIpc) is 3.43. The first-order chi connectivity index (χ1) is 22.2. The molecule has 0 aliphatic heterocycles. The predicted molar refractivity (Wildman–Crippen MR) is 185 cm³/mol. The van der Waals surface area contributed by atoms with Crippen molar-refractivity contribution in [2.75, 3.05) is 18.1 Å². The highest BCUT2D eigenvalue weighted by molar-refractivity contribution is 7.99. The maximum atomic E-state index is 13.5. The minimum absolute atomic E-state index is 0.00624. The van der Waals surface area contributed by atoms with Crippen molar-refractivity contribution in [3.8, 4) is 0 Å². The van der Waals surface area contributed by atoms with E-state index in [-0.39, 0.29) is 25.4 Å². The fourth-order valence-corrected chi connectivity index (χ4v) is 10.2. The Kier molecular flexibility index (Phi) is 12.6. The van der Waals surface area contributed by atoms with Crippen molar-refractivity contribution < 1.29 is 39.2 Å². The Morgan fingerprint density at radius 1 is 0.979 bits per heavy atom. The first-order valence-corrected chi connectivity index (χ1v) is 19.3. The molecule has 4 aliphatic rings. The lowest BCUT2D eigenvalue weighted by molar-refractivity contribution is -0.228. The highest BCUT2D eigenvalue weighted by Gasteiger charge is 2.87. The van der Waals surface area contributed by atoms with Crippen molar-refractivity contribution in [1.29, 1.82) is 0 Å². The van der Waals surface area contributed by atoms with E-state index >= 15 is 0 Å². The van der Waals surface area contributed by atoms with Crippen LogP contribution in [0.25, 0.3) is 0 Å². The standard InChI is InChI=1S/C38H60O8S/c1-7-8-9-10-11-12-13-14-15-16-17-18-31(41)45-34-26(3)37(44)29(32-35(5,6)38(32,34)46-27(4)40)22-28(24-47-20-19-39)23-36(43)30(37)21-25(2)33(36)42/h21-22,26,29-30,32,34,39,43-44H,7-20,23-24H2,1-6H3/t26-,29+,30-,32-,34-,36-,37-,38-/m1/s1. The second-order valence-corrected chi connectivity index (χ2v) is 16.4. The van der Waals surface area contributed by atoms with E-state index in [9.17, 15) is 29.7 Å². The molecule has 2 fully saturated rings. The van der Waals surface area contributed by atoms with Crippen LogP contribution in [0.3, 0.4) is 0 Å². The zero-order chi connectivity index (χ0) is 34.6. The lowest BCUT2D eigenvalue weighted by Gasteiger charge is -2.53. The summed E-state index contributed by atoms with van der Waals surface area (Å²) in [5, 5.41) is 34.4. The molecule has 4 aliphatic carbocycles. The van der Waals surface area contributed by atoms with E-state index < -0.39 is 63.7 Å². The summed E-state index contributed by atoms with van der Waals surface area (Å²) in [5.41, 5.74) is -4.11. The van der Waals surface area contributed by atoms with Crippen molar-refractivity contribution in [1.82, 2.24) is 0 Å². The Balaban J connectivity index is 1.54. The zero-order valence-electron chi connectivity index (χ0n) is 29.6. The maximum Gasteiger partial charge on any atom is 0.306 e. The summed E-state index contributed by atoms with van der Waals surface area (Å²) in [5.74, 6) is -2.98. The lowest BCUT2D eigenvalue weighted by atomic mass is 9.59. The number of ketones is 1. The molecule has 47 heavy (non-hydrogen) atoms. The van der Waals surface area contributed by atoms with Crippen LogP contribution in [0, 0.1) is 29.1 Å². The molecule has 0 aromatic rings. The molecule has 9 heteroatoms. The molecule has 8 atom stereocenters. The zero-order valence-corrected chi connectivity index (χ0v) is 30.5. The number of unbranched alkanes of at least 4 members (excludes halogenated alkanes) is 10. The van der Waals surface area contributed by atoms with Gasteiger partial charge < -0.3 is 24.8 Å². The lowest BCUT2D eigenvalue weighted by Crippen LogP contribution is -2.66. The summed E-state index contributed by atoms with van der Waals surface area (Å²) in [7, 11) is 0. The Bertz CT molecular complexity index is 1210. The van der Waals surface area contributed by atoms with Gasteiger partial charge in [-0.2, -0.15) is 11.8 Å². The monoisotopic (exact) mass is 676 g/mol. The first-order valence-electron chi connectivity index (χ1n) is 18.2. The van der Waals surface area contributed by atoms with Crippen LogP contribution in [0.1, 0.15) is 125 Å². The van der Waals surface area contributed by atoms with E-state index in [1.807, 2.05) is 19.9 Å². The quantitative estimate of drug-likeness (QED) is 0.0848. The van der Waals surface area contributed by atoms with Gasteiger partial charge in [-0.05, 0) is 18.9 Å². The molecule has 0 unspecified atom stereocenters. The summed E-state index contributed by atoms with van der Waals surface area (Å²) in [6.45, 7) is 11.0. The third-order valence-electron chi connectivity index (χ3n) is 11.8. The van der Waals surface area contributed by atoms with Crippen LogP contribution >= 0.6 is 11.8 Å². The number of esters is 2. The largest absolute Gasteiger partial charge is 0.458 e. The van der Waals surface area contributed by atoms with Gasteiger partial charge in [0.1, 0.15) is 11.7 Å². The first kappa shape index (κ1) is 38.1. The molecule has 0 bridgehead atoms. The van der Waals surface area contributed by atoms with Crippen molar-refractivity contribution in [2.45, 2.75) is 148 Å². The number of hydrogen-bond acceptors (Lipinski definition) is 9. The minimum atomic E-state index is -1.85. The van der Waals surface area contributed by atoms with Crippen LogP contribution in [-0.4, -0.2) is 74.1 Å². The van der Waals surface area contributed by atoms with Crippen LogP contribution < -0.4 is 0 Å². The molecule has 4 rings (SSSR count). The number of ether oxygens (including phenoxy) is 2. The van der Waals surface area contributed by atoms with Crippen LogP contribution in [0.5, 0.6) is 0 Å². The third-order valence-corrected chi connectivity index (χ3v) is 12.9. The molecule has 0 aromatic heterocycles. The molecule has 0 amide bonds. The van der Waals surface area contributed by atoms with Crippen LogP contribution in [0.4, 0.5) is 0 Å². The van der Waals surface area contributed by atoms with E-state index in [1.165, 1.54) is 63.6 Å². The molecule has 0 saturated heterocycles. The number of hydrogen-bond donors (Lipinski definition) is 3. The molecule has 8 nitrogen and oxygen atoms in total. The highest BCUT2D eigenvalue weighted by atomic mass is 32.2. The Morgan fingerprint density at radius 2 is 1.57 bits per heavy atom. The second kappa shape index (κ2) is 15.5. The normalized spacial score (nSPS) is 35.2. The molecular formula is C38H60O8S. The fourth-order valence-electron chi connectivity index (χ4n) is 9.45. The number of thioether (sulfide) groups is 1. The van der Waals surface area contributed by atoms with Crippen molar-refractivity contribution in [3.05, 3.63) is 23.3 Å². The average molecular weight is 677 g/mol. The highest BCUT2D eigenvalue weighted by Crippen LogP contribution is 2.77. The summed E-state index contributed by atoms with van der Waals surface area (Å²) in [6, 6.07) is 0. The molecule has 0 aromatic carbocycles. The molecule has 3 N–H and O–H groups in total. The van der Waals surface area contributed by atoms with Gasteiger partial charge in [0.05, 0.1) is 12.2 Å². The molecule has 0 spiro atoms. The number of aliphatic hydroxyl groups excluding tert-OH is 1. The maximum absolute atomic E-state index is 13.5. The topological polar surface area (TPSA) is 130 Å². The fraction of sp³-hybridized carbons (Fsp3) is 0.816. The third kappa shape index (κ3) is 7.16. The number of carbonyl (C=O) groups excluding carboxylic acids is 3. The second-order valence-electron chi connectivity index (χ2n) is 15.3. The van der Waals surface area contributed by atoms with E-state index in [4.69, 9.17) is 9.47 Å². The van der Waals surface area contributed by atoms with Crippen molar-refractivity contribution in [2.24, 2.45) is 29.1 Å². The predicted octanol–water partition coefficient (Wildman–Crippen LogP) is 6.49. The van der Waals surface area contributed by atoms with Gasteiger partial charge in [0, 0.05) is 60.4 Å². The summed E-state index contributed by atoms with van der Waals surface area (Å²) in [6.07, 6.45) is 15.9. The van der Waals surface area contributed by atoms with E-state index in [0.29, 0.717) is 23.5 Å². The number of carbonyl (C=O) groups is 3. The van der Waals surface area contributed by atoms with Crippen LogP contribution in [-0.2, 0) is 23.9 Å². The van der Waals surface area contributed by atoms with E-state index in [0.717, 1.165) is 24.8 Å². The summed E-state index contributed by atoms with van der Waals surface area (Å²) in [4.78, 5) is 39.6. The van der Waals surface area contributed by atoms with E-state index in [1.54, 1.807) is 19.9 Å². The summed E-state index contributed by atoms with van der Waals surface area (Å²) >= 11 is 1.50. The Labute approximate surface area is 286 Å². The Hall–Kier alpha value is -1.68. The van der Waals surface area contributed by atoms with Crippen LogP contribution in [0.2, 0.25) is 0 Å². The molecule has 2 saturated carbocycles. The molecule has 266 valence electrons. The van der Waals surface area contributed by atoms with Gasteiger partial charge in [0.2, 0.25) is 0 Å². The summed E-state index contributed by atoms with van der Waals surface area (Å²) < 4.78 is 12.4. The number of rotatable bonds is 18. The molecule has 0 radical (unpaired) electrons. The van der Waals surface area contributed by atoms with Gasteiger partial charge in [-0.1, -0.05) is 110 Å². The van der Waals surface area contributed by atoms with Gasteiger partial charge in [0.15, 0.2) is 11.4 Å². The van der Waals surface area contributed by atoms with Gasteiger partial charge in [-0.3, -0.25) is 14.4 Å².